The second-order valence-electron chi connectivity index (χ2n) is 8.07. The number of hydrogen-bond acceptors (Lipinski definition) is 4. The molecule has 1 N–H and O–H groups in total. The first-order valence-electron chi connectivity index (χ1n) is 10.4. The number of ketones is 2. The predicted octanol–water partition coefficient (Wildman–Crippen LogP) is 5.17. The minimum absolute atomic E-state index is 0.0791. The minimum atomic E-state index is -3.90. The van der Waals surface area contributed by atoms with Gasteiger partial charge >= 0.3 is 0 Å². The predicted molar refractivity (Wildman–Crippen MR) is 131 cm³/mol. The Morgan fingerprint density at radius 3 is 2.24 bits per heavy atom. The Hall–Kier alpha value is -3.03. The third-order valence-corrected chi connectivity index (χ3v) is 7.42. The van der Waals surface area contributed by atoms with Gasteiger partial charge in [-0.3, -0.25) is 14.3 Å². The highest BCUT2D eigenvalue weighted by atomic mass is 79.9. The molecule has 168 valence electrons. The molecule has 1 saturated carbocycles. The van der Waals surface area contributed by atoms with Crippen LogP contribution >= 0.6 is 15.9 Å². The van der Waals surface area contributed by atoms with Crippen LogP contribution in [0.1, 0.15) is 27.9 Å². The van der Waals surface area contributed by atoms with Gasteiger partial charge in [-0.05, 0) is 43.2 Å². The van der Waals surface area contributed by atoms with Crippen molar-refractivity contribution >= 4 is 43.2 Å². The van der Waals surface area contributed by atoms with Crippen molar-refractivity contribution in [2.75, 3.05) is 0 Å². The number of hydrogen-bond donors (Lipinski definition) is 1. The standard InChI is InChI=1S/C26H22BrNO4S/c1-17-10-12-21(13-11-17)33(31,32)28-24(18-6-3-2-4-7-18)16-25(29)22-15-23(22)26(30)19-8-5-9-20(27)14-19/h2-14,16,22-23,28H,15H2,1H3/b24-16-/t22-,23-/m1/s1. The van der Waals surface area contributed by atoms with Crippen molar-refractivity contribution in [3.8, 4) is 0 Å². The van der Waals surface area contributed by atoms with Crippen LogP contribution in [0.3, 0.4) is 0 Å². The molecule has 0 spiro atoms. The molecule has 5 nitrogen and oxygen atoms in total. The van der Waals surface area contributed by atoms with Crippen molar-refractivity contribution in [2.45, 2.75) is 18.2 Å². The normalized spacial score (nSPS) is 17.9. The van der Waals surface area contributed by atoms with E-state index in [-0.39, 0.29) is 22.2 Å². The maximum absolute atomic E-state index is 13.0. The molecule has 3 aromatic carbocycles. The molecular weight excluding hydrogens is 502 g/mol. The van der Waals surface area contributed by atoms with Crippen LogP contribution in [0.4, 0.5) is 0 Å². The Labute approximate surface area is 201 Å². The quantitative estimate of drug-likeness (QED) is 0.326. The average Bonchev–Trinajstić information content (AvgIpc) is 3.60. The molecule has 0 amide bonds. The van der Waals surface area contributed by atoms with Gasteiger partial charge in [0, 0.05) is 27.9 Å². The molecule has 33 heavy (non-hydrogen) atoms. The van der Waals surface area contributed by atoms with Crippen LogP contribution in [0.5, 0.6) is 0 Å². The topological polar surface area (TPSA) is 80.3 Å². The highest BCUT2D eigenvalue weighted by molar-refractivity contribution is 9.10. The number of halogens is 1. The number of carbonyl (C=O) groups excluding carboxylic acids is 2. The van der Waals surface area contributed by atoms with Crippen molar-refractivity contribution in [3.05, 3.63) is 106 Å². The van der Waals surface area contributed by atoms with E-state index in [1.54, 1.807) is 54.6 Å². The van der Waals surface area contributed by atoms with E-state index in [1.807, 2.05) is 19.1 Å². The maximum Gasteiger partial charge on any atom is 0.261 e. The summed E-state index contributed by atoms with van der Waals surface area (Å²) < 4.78 is 29.3. The van der Waals surface area contributed by atoms with Crippen LogP contribution in [-0.4, -0.2) is 20.0 Å². The van der Waals surface area contributed by atoms with Crippen LogP contribution < -0.4 is 4.72 Å². The van der Waals surface area contributed by atoms with Crippen molar-refractivity contribution in [3.63, 3.8) is 0 Å². The zero-order chi connectivity index (χ0) is 23.6. The first-order chi connectivity index (χ1) is 15.7. The molecule has 0 unspecified atom stereocenters. The van der Waals surface area contributed by atoms with E-state index in [1.165, 1.54) is 18.2 Å². The smallest absolute Gasteiger partial charge is 0.261 e. The Morgan fingerprint density at radius 1 is 0.909 bits per heavy atom. The fraction of sp³-hybridized carbons (Fsp3) is 0.154. The molecule has 3 aromatic rings. The summed E-state index contributed by atoms with van der Waals surface area (Å²) in [7, 11) is -3.90. The molecule has 0 saturated heterocycles. The lowest BCUT2D eigenvalue weighted by molar-refractivity contribution is -0.115. The van der Waals surface area contributed by atoms with Gasteiger partial charge < -0.3 is 0 Å². The van der Waals surface area contributed by atoms with Gasteiger partial charge in [-0.15, -0.1) is 0 Å². The monoisotopic (exact) mass is 523 g/mol. The maximum atomic E-state index is 13.0. The zero-order valence-electron chi connectivity index (χ0n) is 17.9. The number of Topliss-reactive ketones (excluding diaryl/α,β-unsaturated/α-hetero) is 1. The number of allylic oxidation sites excluding steroid dienone is 1. The van der Waals surface area contributed by atoms with Gasteiger partial charge in [0.15, 0.2) is 11.6 Å². The fourth-order valence-corrected chi connectivity index (χ4v) is 5.09. The van der Waals surface area contributed by atoms with Gasteiger partial charge in [0.05, 0.1) is 10.6 Å². The van der Waals surface area contributed by atoms with E-state index in [2.05, 4.69) is 20.7 Å². The summed E-state index contributed by atoms with van der Waals surface area (Å²) in [4.78, 5) is 25.9. The number of aryl methyl sites for hydroxylation is 1. The third-order valence-electron chi connectivity index (χ3n) is 5.55. The van der Waals surface area contributed by atoms with E-state index >= 15 is 0 Å². The van der Waals surface area contributed by atoms with Gasteiger partial charge in [0.25, 0.3) is 10.0 Å². The summed E-state index contributed by atoms with van der Waals surface area (Å²) in [5.41, 5.74) is 2.24. The summed E-state index contributed by atoms with van der Waals surface area (Å²) in [6.07, 6.45) is 1.76. The van der Waals surface area contributed by atoms with Gasteiger partial charge in [0.2, 0.25) is 0 Å². The molecule has 1 fully saturated rings. The van der Waals surface area contributed by atoms with E-state index in [9.17, 15) is 18.0 Å². The molecule has 1 aliphatic rings. The minimum Gasteiger partial charge on any atom is -0.294 e. The number of rotatable bonds is 8. The molecule has 0 heterocycles. The molecule has 0 aliphatic heterocycles. The SMILES string of the molecule is Cc1ccc(S(=O)(=O)N/C(=C\C(=O)[C@@H]2C[C@H]2C(=O)c2cccc(Br)c2)c2ccccc2)cc1. The Kier molecular flexibility index (Phi) is 6.63. The molecule has 4 rings (SSSR count). The van der Waals surface area contributed by atoms with Crippen LogP contribution in [-0.2, 0) is 14.8 Å². The van der Waals surface area contributed by atoms with Crippen LogP contribution in [0.15, 0.2) is 94.3 Å². The highest BCUT2D eigenvalue weighted by Gasteiger charge is 2.47. The van der Waals surface area contributed by atoms with E-state index in [0.29, 0.717) is 17.5 Å². The second-order valence-corrected chi connectivity index (χ2v) is 10.7. The summed E-state index contributed by atoms with van der Waals surface area (Å²) in [5, 5.41) is 0. The first kappa shape index (κ1) is 23.1. The highest BCUT2D eigenvalue weighted by Crippen LogP contribution is 2.42. The number of nitrogens with one attached hydrogen (secondary N) is 1. The molecule has 1 aliphatic carbocycles. The molecule has 7 heteroatoms. The molecule has 2 atom stereocenters. The van der Waals surface area contributed by atoms with Gasteiger partial charge in [-0.25, -0.2) is 8.42 Å². The van der Waals surface area contributed by atoms with Crippen molar-refractivity contribution in [2.24, 2.45) is 11.8 Å². The number of benzene rings is 3. The summed E-state index contributed by atoms with van der Waals surface area (Å²) >= 11 is 3.36. The van der Waals surface area contributed by atoms with Crippen molar-refractivity contribution in [1.29, 1.82) is 0 Å². The van der Waals surface area contributed by atoms with E-state index < -0.39 is 21.9 Å². The third kappa shape index (κ3) is 5.49. The Morgan fingerprint density at radius 2 is 1.58 bits per heavy atom. The number of carbonyl (C=O) groups is 2. The van der Waals surface area contributed by atoms with E-state index in [0.717, 1.165) is 10.0 Å². The van der Waals surface area contributed by atoms with Gasteiger partial charge in [-0.1, -0.05) is 76.1 Å². The number of sulfonamides is 1. The molecule has 0 radical (unpaired) electrons. The molecular formula is C26H22BrNO4S. The molecule has 0 bridgehead atoms. The molecule has 0 aromatic heterocycles. The Bertz CT molecular complexity index is 1330. The lowest BCUT2D eigenvalue weighted by Crippen LogP contribution is -2.23. The fourth-order valence-electron chi connectivity index (χ4n) is 3.61. The first-order valence-corrected chi connectivity index (χ1v) is 12.7. The van der Waals surface area contributed by atoms with Crippen LogP contribution in [0.2, 0.25) is 0 Å². The summed E-state index contributed by atoms with van der Waals surface area (Å²) in [6.45, 7) is 1.87. The van der Waals surface area contributed by atoms with Gasteiger partial charge in [0.1, 0.15) is 0 Å². The average molecular weight is 524 g/mol. The zero-order valence-corrected chi connectivity index (χ0v) is 20.3. The lowest BCUT2D eigenvalue weighted by Gasteiger charge is -2.12. The Balaban J connectivity index is 1.58. The van der Waals surface area contributed by atoms with Crippen LogP contribution in [0.25, 0.3) is 5.70 Å². The van der Waals surface area contributed by atoms with Crippen LogP contribution in [0, 0.1) is 18.8 Å². The van der Waals surface area contributed by atoms with Crippen molar-refractivity contribution in [1.82, 2.24) is 4.72 Å². The van der Waals surface area contributed by atoms with E-state index in [4.69, 9.17) is 0 Å². The summed E-state index contributed by atoms with van der Waals surface area (Å²) in [5.74, 6) is -1.20. The van der Waals surface area contributed by atoms with Gasteiger partial charge in [-0.2, -0.15) is 0 Å². The lowest BCUT2D eigenvalue weighted by atomic mass is 10.0. The second kappa shape index (κ2) is 9.45. The summed E-state index contributed by atoms with van der Waals surface area (Å²) in [6, 6.07) is 22.4. The largest absolute Gasteiger partial charge is 0.294 e. The van der Waals surface area contributed by atoms with Crippen molar-refractivity contribution < 1.29 is 18.0 Å².